The zero-order valence-corrected chi connectivity index (χ0v) is 12.7. The summed E-state index contributed by atoms with van der Waals surface area (Å²) in [4.78, 5) is 32.1. The fourth-order valence-electron chi connectivity index (χ4n) is 2.11. The SMILES string of the molecule is CC(C)(CCO[N+](=O)[O-])C(=O)ON1CCCCC1(C)C. The number of carbonyl (C=O) groups is 1. The minimum atomic E-state index is -0.852. The highest BCUT2D eigenvalue weighted by Crippen LogP contribution is 2.30. The van der Waals surface area contributed by atoms with Gasteiger partial charge in [0.15, 0.2) is 0 Å². The van der Waals surface area contributed by atoms with E-state index in [-0.39, 0.29) is 24.5 Å². The summed E-state index contributed by atoms with van der Waals surface area (Å²) in [6.07, 6.45) is 3.34. The first-order valence-corrected chi connectivity index (χ1v) is 6.92. The maximum atomic E-state index is 12.2. The topological polar surface area (TPSA) is 81.9 Å². The van der Waals surface area contributed by atoms with E-state index in [0.29, 0.717) is 0 Å². The van der Waals surface area contributed by atoms with Crippen LogP contribution >= 0.6 is 0 Å². The van der Waals surface area contributed by atoms with Crippen LogP contribution in [0.25, 0.3) is 0 Å². The lowest BCUT2D eigenvalue weighted by Crippen LogP contribution is -2.49. The maximum Gasteiger partial charge on any atom is 0.330 e. The van der Waals surface area contributed by atoms with Crippen molar-refractivity contribution in [3.05, 3.63) is 10.1 Å². The highest BCUT2D eigenvalue weighted by Gasteiger charge is 2.37. The second-order valence-electron chi connectivity index (χ2n) is 6.44. The molecule has 0 radical (unpaired) electrons. The van der Waals surface area contributed by atoms with Gasteiger partial charge >= 0.3 is 5.97 Å². The lowest BCUT2D eigenvalue weighted by atomic mass is 9.90. The summed E-state index contributed by atoms with van der Waals surface area (Å²) in [5.41, 5.74) is -0.981. The first-order valence-electron chi connectivity index (χ1n) is 6.92. The van der Waals surface area contributed by atoms with E-state index in [1.165, 1.54) is 0 Å². The van der Waals surface area contributed by atoms with Crippen LogP contribution in [0.3, 0.4) is 0 Å². The molecule has 1 aliphatic rings. The van der Waals surface area contributed by atoms with Crippen molar-refractivity contribution in [3.63, 3.8) is 0 Å². The van der Waals surface area contributed by atoms with Crippen LogP contribution in [0.1, 0.15) is 53.4 Å². The molecule has 0 N–H and O–H groups in total. The minimum absolute atomic E-state index is 0.113. The van der Waals surface area contributed by atoms with Crippen LogP contribution in [-0.4, -0.2) is 34.8 Å². The molecule has 1 aliphatic heterocycles. The van der Waals surface area contributed by atoms with Gasteiger partial charge in [0.25, 0.3) is 5.09 Å². The van der Waals surface area contributed by atoms with Gasteiger partial charge in [-0.1, -0.05) is 6.42 Å². The molecule has 0 bridgehead atoms. The van der Waals surface area contributed by atoms with Crippen LogP contribution < -0.4 is 0 Å². The van der Waals surface area contributed by atoms with Gasteiger partial charge in [-0.2, -0.15) is 0 Å². The van der Waals surface area contributed by atoms with Crippen LogP contribution in [0.15, 0.2) is 0 Å². The number of piperidine rings is 1. The van der Waals surface area contributed by atoms with Gasteiger partial charge < -0.3 is 9.68 Å². The Morgan fingerprint density at radius 3 is 2.60 bits per heavy atom. The van der Waals surface area contributed by atoms with E-state index in [9.17, 15) is 14.9 Å². The number of hydrogen-bond acceptors (Lipinski definition) is 6. The second-order valence-corrected chi connectivity index (χ2v) is 6.44. The van der Waals surface area contributed by atoms with Gasteiger partial charge in [0.1, 0.15) is 0 Å². The average Bonchev–Trinajstić information content (AvgIpc) is 2.30. The number of hydroxylamine groups is 2. The molecule has 0 aromatic carbocycles. The summed E-state index contributed by atoms with van der Waals surface area (Å²) in [5, 5.41) is 11.0. The Kier molecular flexibility index (Phi) is 5.33. The summed E-state index contributed by atoms with van der Waals surface area (Å²) in [7, 11) is 0. The monoisotopic (exact) mass is 288 g/mol. The van der Waals surface area contributed by atoms with E-state index < -0.39 is 10.5 Å². The molecule has 0 spiro atoms. The molecule has 7 heteroatoms. The largest absolute Gasteiger partial charge is 0.367 e. The van der Waals surface area contributed by atoms with E-state index in [2.05, 4.69) is 4.84 Å². The summed E-state index contributed by atoms with van der Waals surface area (Å²) in [6, 6.07) is 0. The Balaban J connectivity index is 2.53. The van der Waals surface area contributed by atoms with Crippen molar-refractivity contribution in [1.82, 2.24) is 5.06 Å². The summed E-state index contributed by atoms with van der Waals surface area (Å²) >= 11 is 0. The van der Waals surface area contributed by atoms with Crippen LogP contribution in [-0.2, 0) is 14.5 Å². The fourth-order valence-corrected chi connectivity index (χ4v) is 2.11. The molecule has 1 heterocycles. The number of carbonyl (C=O) groups excluding carboxylic acids is 1. The molecular formula is C13H24N2O5. The molecule has 1 rings (SSSR count). The smallest absolute Gasteiger partial charge is 0.330 e. The lowest BCUT2D eigenvalue weighted by Gasteiger charge is -2.41. The quantitative estimate of drug-likeness (QED) is 0.551. The molecule has 1 fully saturated rings. The summed E-state index contributed by atoms with van der Waals surface area (Å²) in [6.45, 7) is 8.11. The van der Waals surface area contributed by atoms with E-state index in [1.807, 2.05) is 13.8 Å². The van der Waals surface area contributed by atoms with Gasteiger partial charge in [-0.15, -0.1) is 15.2 Å². The zero-order chi connectivity index (χ0) is 15.4. The van der Waals surface area contributed by atoms with Crippen LogP contribution in [0, 0.1) is 15.5 Å². The molecule has 1 saturated heterocycles. The standard InChI is InChI=1S/C13H24N2O5/c1-12(2,8-10-19-15(17)18)11(16)20-14-9-6-5-7-13(14,3)4/h5-10H2,1-4H3. The Labute approximate surface area is 119 Å². The summed E-state index contributed by atoms with van der Waals surface area (Å²) < 4.78 is 0. The normalized spacial score (nSPS) is 19.4. The van der Waals surface area contributed by atoms with Crippen molar-refractivity contribution in [2.45, 2.75) is 58.9 Å². The van der Waals surface area contributed by atoms with Gasteiger partial charge in [0.05, 0.1) is 17.6 Å². The maximum absolute atomic E-state index is 12.2. The van der Waals surface area contributed by atoms with E-state index in [4.69, 9.17) is 4.84 Å². The molecule has 0 aromatic heterocycles. The van der Waals surface area contributed by atoms with E-state index in [1.54, 1.807) is 18.9 Å². The Hall–Kier alpha value is -1.37. The van der Waals surface area contributed by atoms with Crippen molar-refractivity contribution < 1.29 is 19.6 Å². The Bertz CT molecular complexity index is 368. The van der Waals surface area contributed by atoms with Crippen molar-refractivity contribution in [2.24, 2.45) is 5.41 Å². The molecule has 116 valence electrons. The molecule has 7 nitrogen and oxygen atoms in total. The molecule has 0 aliphatic carbocycles. The lowest BCUT2D eigenvalue weighted by molar-refractivity contribution is -0.758. The van der Waals surface area contributed by atoms with Gasteiger partial charge in [-0.3, -0.25) is 0 Å². The van der Waals surface area contributed by atoms with Crippen LogP contribution in [0.2, 0.25) is 0 Å². The first kappa shape index (κ1) is 16.7. The van der Waals surface area contributed by atoms with Crippen molar-refractivity contribution in [2.75, 3.05) is 13.2 Å². The predicted octanol–water partition coefficient (Wildman–Crippen LogP) is 2.33. The Morgan fingerprint density at radius 2 is 2.05 bits per heavy atom. The predicted molar refractivity (Wildman–Crippen MR) is 72.1 cm³/mol. The zero-order valence-electron chi connectivity index (χ0n) is 12.7. The van der Waals surface area contributed by atoms with Gasteiger partial charge in [-0.05, 0) is 47.0 Å². The van der Waals surface area contributed by atoms with Crippen molar-refractivity contribution in [1.29, 1.82) is 0 Å². The number of nitrogens with zero attached hydrogens (tertiary/aromatic N) is 2. The second kappa shape index (κ2) is 6.39. The third-order valence-electron chi connectivity index (χ3n) is 3.74. The molecule has 0 unspecified atom stereocenters. The van der Waals surface area contributed by atoms with Crippen LogP contribution in [0.4, 0.5) is 0 Å². The van der Waals surface area contributed by atoms with Crippen molar-refractivity contribution >= 4 is 5.97 Å². The van der Waals surface area contributed by atoms with Crippen molar-refractivity contribution in [3.8, 4) is 0 Å². The van der Waals surface area contributed by atoms with Gasteiger partial charge in [0.2, 0.25) is 0 Å². The van der Waals surface area contributed by atoms with Gasteiger partial charge in [-0.25, -0.2) is 4.79 Å². The Morgan fingerprint density at radius 1 is 1.40 bits per heavy atom. The number of rotatable bonds is 6. The molecule has 0 atom stereocenters. The molecule has 0 aromatic rings. The molecule has 0 saturated carbocycles. The highest BCUT2D eigenvalue weighted by atomic mass is 16.9. The molecular weight excluding hydrogens is 264 g/mol. The average molecular weight is 288 g/mol. The van der Waals surface area contributed by atoms with Gasteiger partial charge in [0, 0.05) is 6.54 Å². The fraction of sp³-hybridized carbons (Fsp3) is 0.923. The first-order chi connectivity index (χ1) is 9.15. The third kappa shape index (κ3) is 4.63. The summed E-state index contributed by atoms with van der Waals surface area (Å²) in [5.74, 6) is -0.376. The number of hydrogen-bond donors (Lipinski definition) is 0. The molecule has 0 amide bonds. The van der Waals surface area contributed by atoms with Crippen LogP contribution in [0.5, 0.6) is 0 Å². The third-order valence-corrected chi connectivity index (χ3v) is 3.74. The van der Waals surface area contributed by atoms with E-state index in [0.717, 1.165) is 25.8 Å². The molecule has 20 heavy (non-hydrogen) atoms. The highest BCUT2D eigenvalue weighted by molar-refractivity contribution is 5.75. The minimum Gasteiger partial charge on any atom is -0.367 e. The van der Waals surface area contributed by atoms with E-state index >= 15 is 0 Å².